The Labute approximate surface area is 180 Å². The molecule has 164 valence electrons. The van der Waals surface area contributed by atoms with Crippen LogP contribution in [0.3, 0.4) is 0 Å². The van der Waals surface area contributed by atoms with Crippen molar-refractivity contribution in [1.29, 1.82) is 0 Å². The van der Waals surface area contributed by atoms with Gasteiger partial charge >= 0.3 is 5.69 Å². The Kier molecular flexibility index (Phi) is 5.23. The number of nitrogens with zero attached hydrogens (tertiary/aromatic N) is 4. The summed E-state index contributed by atoms with van der Waals surface area (Å²) < 4.78 is 8.71. The second-order valence-electron chi connectivity index (χ2n) is 7.09. The molecule has 0 aliphatic heterocycles. The van der Waals surface area contributed by atoms with Gasteiger partial charge in [-0.15, -0.1) is 0 Å². The molecule has 0 aliphatic carbocycles. The van der Waals surface area contributed by atoms with Crippen LogP contribution in [0.2, 0.25) is 0 Å². The van der Waals surface area contributed by atoms with Crippen LogP contribution in [0.25, 0.3) is 16.9 Å². The van der Waals surface area contributed by atoms with Crippen LogP contribution in [0.1, 0.15) is 16.2 Å². The molecule has 4 aromatic rings. The zero-order valence-electron chi connectivity index (χ0n) is 17.6. The third kappa shape index (κ3) is 3.60. The number of methoxy groups -OCH3 is 1. The van der Waals surface area contributed by atoms with Gasteiger partial charge in [-0.1, -0.05) is 0 Å². The largest absolute Gasteiger partial charge is 0.497 e. The molecule has 2 N–H and O–H groups in total. The minimum absolute atomic E-state index is 0.00742. The Bertz CT molecular complexity index is 1510. The number of carbonyl (C=O) groups excluding carboxylic acids is 1. The molecule has 0 fully saturated rings. The fourth-order valence-electron chi connectivity index (χ4n) is 3.29. The third-order valence-corrected chi connectivity index (χ3v) is 5.08. The van der Waals surface area contributed by atoms with E-state index in [2.05, 4.69) is 15.3 Å². The Morgan fingerprint density at radius 3 is 2.47 bits per heavy atom. The minimum atomic E-state index is -0.500. The minimum Gasteiger partial charge on any atom is -0.497 e. The molecule has 11 heteroatoms. The third-order valence-electron chi connectivity index (χ3n) is 5.08. The van der Waals surface area contributed by atoms with Crippen LogP contribution in [0, 0.1) is 0 Å². The molecule has 0 spiro atoms. The molecule has 3 aromatic heterocycles. The number of hydrogen-bond acceptors (Lipinski definition) is 6. The number of nitrogens with one attached hydrogen (secondary N) is 2. The highest BCUT2D eigenvalue weighted by Crippen LogP contribution is 2.14. The summed E-state index contributed by atoms with van der Waals surface area (Å²) in [5, 5.41) is 2.70. The van der Waals surface area contributed by atoms with E-state index in [1.165, 1.54) is 41.6 Å². The van der Waals surface area contributed by atoms with Crippen LogP contribution in [0.5, 0.6) is 5.75 Å². The number of pyridine rings is 1. The zero-order chi connectivity index (χ0) is 23.0. The van der Waals surface area contributed by atoms with Gasteiger partial charge in [0.1, 0.15) is 17.1 Å². The molecule has 0 saturated heterocycles. The van der Waals surface area contributed by atoms with Crippen molar-refractivity contribution in [3.8, 4) is 11.4 Å². The van der Waals surface area contributed by atoms with Crippen molar-refractivity contribution in [2.75, 3.05) is 7.11 Å². The maximum Gasteiger partial charge on any atom is 0.332 e. The highest BCUT2D eigenvalue weighted by Gasteiger charge is 2.15. The smallest absolute Gasteiger partial charge is 0.332 e. The van der Waals surface area contributed by atoms with Gasteiger partial charge in [0, 0.05) is 32.0 Å². The van der Waals surface area contributed by atoms with E-state index in [9.17, 15) is 19.2 Å². The molecule has 0 unspecified atom stereocenters. The molecule has 1 amide bonds. The van der Waals surface area contributed by atoms with E-state index >= 15 is 0 Å². The normalized spacial score (nSPS) is 11.0. The first kappa shape index (κ1) is 20.8. The summed E-state index contributed by atoms with van der Waals surface area (Å²) >= 11 is 0. The number of imidazole rings is 1. The van der Waals surface area contributed by atoms with Gasteiger partial charge in [-0.3, -0.25) is 28.1 Å². The topological polar surface area (TPSA) is 133 Å². The molecular weight excluding hydrogens is 416 g/mol. The lowest BCUT2D eigenvalue weighted by Gasteiger charge is -2.09. The van der Waals surface area contributed by atoms with Crippen LogP contribution < -0.4 is 26.9 Å². The van der Waals surface area contributed by atoms with Crippen LogP contribution >= 0.6 is 0 Å². The van der Waals surface area contributed by atoms with Crippen molar-refractivity contribution in [3.05, 3.63) is 85.2 Å². The van der Waals surface area contributed by atoms with Crippen LogP contribution in [0.15, 0.2) is 57.0 Å². The number of aryl methyl sites for hydroxylation is 1. The SMILES string of the molecule is COc1ccc(-n2cc(C(=O)NCc3nc4c([nH]3)c(=O)n(C)c(=O)n4C)ccc2=O)cc1. The van der Waals surface area contributed by atoms with Gasteiger partial charge in [0.2, 0.25) is 0 Å². The number of benzene rings is 1. The first-order chi connectivity index (χ1) is 15.3. The lowest BCUT2D eigenvalue weighted by molar-refractivity contribution is 0.0949. The van der Waals surface area contributed by atoms with E-state index in [0.717, 1.165) is 4.57 Å². The van der Waals surface area contributed by atoms with Gasteiger partial charge in [0.15, 0.2) is 5.65 Å². The second kappa shape index (κ2) is 8.02. The first-order valence-corrected chi connectivity index (χ1v) is 9.60. The predicted octanol–water partition coefficient (Wildman–Crippen LogP) is 0.0498. The summed E-state index contributed by atoms with van der Waals surface area (Å²) in [5.74, 6) is 0.526. The number of carbonyl (C=O) groups is 1. The van der Waals surface area contributed by atoms with Gasteiger partial charge in [-0.2, -0.15) is 0 Å². The fraction of sp³-hybridized carbons (Fsp3) is 0.190. The summed E-state index contributed by atoms with van der Waals surface area (Å²) in [5.41, 5.74) is -0.0625. The number of hydrogen-bond donors (Lipinski definition) is 2. The Morgan fingerprint density at radius 2 is 1.78 bits per heavy atom. The summed E-state index contributed by atoms with van der Waals surface area (Å²) in [7, 11) is 4.44. The van der Waals surface area contributed by atoms with E-state index in [4.69, 9.17) is 4.74 Å². The predicted molar refractivity (Wildman–Crippen MR) is 116 cm³/mol. The van der Waals surface area contributed by atoms with Crippen LogP contribution in [-0.4, -0.2) is 36.7 Å². The fourth-order valence-corrected chi connectivity index (χ4v) is 3.29. The average Bonchev–Trinajstić information content (AvgIpc) is 3.25. The number of aromatic nitrogens is 5. The molecule has 0 radical (unpaired) electrons. The van der Waals surface area contributed by atoms with E-state index < -0.39 is 17.2 Å². The molecular formula is C21H20N6O5. The van der Waals surface area contributed by atoms with Crippen molar-refractivity contribution >= 4 is 17.1 Å². The lowest BCUT2D eigenvalue weighted by atomic mass is 10.2. The molecule has 0 aliphatic rings. The molecule has 1 aromatic carbocycles. The quantitative estimate of drug-likeness (QED) is 0.454. The Morgan fingerprint density at radius 1 is 1.06 bits per heavy atom. The summed E-state index contributed by atoms with van der Waals surface area (Å²) in [6.45, 7) is -0.00742. The number of H-pyrrole nitrogens is 1. The molecule has 4 rings (SSSR count). The van der Waals surface area contributed by atoms with Gasteiger partial charge in [0.05, 0.1) is 19.2 Å². The number of rotatable bonds is 5. The van der Waals surface area contributed by atoms with Crippen LogP contribution in [0.4, 0.5) is 0 Å². The maximum absolute atomic E-state index is 12.7. The number of aromatic amines is 1. The standard InChI is InChI=1S/C21H20N6O5/c1-25-18-17(20(30)26(2)21(25)31)23-15(24-18)10-22-19(29)12-4-9-16(28)27(11-12)13-5-7-14(32-3)8-6-13/h4-9,11H,10H2,1-3H3,(H,22,29)(H,23,24). The molecule has 32 heavy (non-hydrogen) atoms. The van der Waals surface area contributed by atoms with Crippen LogP contribution in [-0.2, 0) is 20.6 Å². The number of amides is 1. The molecule has 3 heterocycles. The molecule has 0 saturated carbocycles. The van der Waals surface area contributed by atoms with Gasteiger partial charge in [-0.05, 0) is 30.3 Å². The number of ether oxygens (including phenoxy) is 1. The monoisotopic (exact) mass is 436 g/mol. The van der Waals surface area contributed by atoms with Crippen molar-refractivity contribution in [2.45, 2.75) is 6.54 Å². The molecule has 0 atom stereocenters. The van der Waals surface area contributed by atoms with Gasteiger partial charge < -0.3 is 15.0 Å². The van der Waals surface area contributed by atoms with Crippen molar-refractivity contribution < 1.29 is 9.53 Å². The maximum atomic E-state index is 12.7. The summed E-state index contributed by atoms with van der Waals surface area (Å²) in [6, 6.07) is 9.58. The van der Waals surface area contributed by atoms with E-state index in [1.807, 2.05) is 0 Å². The Hall–Kier alpha value is -4.41. The van der Waals surface area contributed by atoms with E-state index in [-0.39, 0.29) is 28.8 Å². The van der Waals surface area contributed by atoms with Crippen molar-refractivity contribution in [2.24, 2.45) is 14.1 Å². The van der Waals surface area contributed by atoms with Gasteiger partial charge in [0.25, 0.3) is 17.0 Å². The summed E-state index contributed by atoms with van der Waals surface area (Å²) in [4.78, 5) is 56.3. The van der Waals surface area contributed by atoms with Crippen molar-refractivity contribution in [3.63, 3.8) is 0 Å². The second-order valence-corrected chi connectivity index (χ2v) is 7.09. The highest BCUT2D eigenvalue weighted by atomic mass is 16.5. The van der Waals surface area contributed by atoms with E-state index in [0.29, 0.717) is 17.3 Å². The molecule has 0 bridgehead atoms. The zero-order valence-corrected chi connectivity index (χ0v) is 17.6. The number of fused-ring (bicyclic) bond motifs is 1. The summed E-state index contributed by atoms with van der Waals surface area (Å²) in [6.07, 6.45) is 1.44. The van der Waals surface area contributed by atoms with Gasteiger partial charge in [-0.25, -0.2) is 9.78 Å². The first-order valence-electron chi connectivity index (χ1n) is 9.60. The Balaban J connectivity index is 1.58. The average molecular weight is 436 g/mol. The van der Waals surface area contributed by atoms with E-state index in [1.54, 1.807) is 31.4 Å². The molecule has 11 nitrogen and oxygen atoms in total. The lowest BCUT2D eigenvalue weighted by Crippen LogP contribution is -2.36. The highest BCUT2D eigenvalue weighted by molar-refractivity contribution is 5.93. The van der Waals surface area contributed by atoms with Crippen molar-refractivity contribution in [1.82, 2.24) is 29.0 Å².